The third-order valence-electron chi connectivity index (χ3n) is 8.18. The number of hydrogen-bond acceptors (Lipinski definition) is 1. The molecule has 0 spiro atoms. The van der Waals surface area contributed by atoms with E-state index in [-0.39, 0.29) is 17.3 Å². The first-order chi connectivity index (χ1) is 19.0. The molecule has 0 amide bonds. The maximum Gasteiger partial charge on any atom is 0.166 e. The molecule has 39 heavy (non-hydrogen) atoms. The number of hydrogen-bond donors (Lipinski definition) is 0. The van der Waals surface area contributed by atoms with Crippen LogP contribution in [0.5, 0.6) is 0 Å². The van der Waals surface area contributed by atoms with Gasteiger partial charge in [0.15, 0.2) is 11.6 Å². The van der Waals surface area contributed by atoms with Crippen LogP contribution in [0.3, 0.4) is 0 Å². The summed E-state index contributed by atoms with van der Waals surface area (Å²) in [5.74, 6) is -1.68. The number of halogens is 3. The number of rotatable bonds is 13. The number of aryl methyl sites for hydroxylation is 1. The molecule has 0 radical (unpaired) electrons. The monoisotopic (exact) mass is 536 g/mol. The highest BCUT2D eigenvalue weighted by Crippen LogP contribution is 2.34. The zero-order valence-corrected chi connectivity index (χ0v) is 23.6. The summed E-state index contributed by atoms with van der Waals surface area (Å²) in [6.07, 6.45) is 12.9. The van der Waals surface area contributed by atoms with Crippen LogP contribution in [0.1, 0.15) is 102 Å². The predicted molar refractivity (Wildman–Crippen MR) is 156 cm³/mol. The second-order valence-corrected chi connectivity index (χ2v) is 11.1. The standard InChI is InChI=1S/C35H43F3O/c1-3-5-7-8-10-11-27-18-22-32(35(38)34(27)37)26-15-13-25(14-16-26)28-19-21-31(33(36)23-28)29-17-20-30(39-24-29)12-9-6-4-2/h13-16,18-19,21-23,29-30H,3-12,17,20,24H2,1-2H3. The number of unbranched alkanes of at least 4 members (excludes halogenated alkanes) is 6. The molecule has 4 rings (SSSR count). The van der Waals surface area contributed by atoms with Crippen LogP contribution in [0, 0.1) is 17.5 Å². The molecule has 0 aliphatic carbocycles. The average molecular weight is 537 g/mol. The smallest absolute Gasteiger partial charge is 0.166 e. The van der Waals surface area contributed by atoms with Gasteiger partial charge >= 0.3 is 0 Å². The molecule has 1 aliphatic heterocycles. The van der Waals surface area contributed by atoms with Crippen LogP contribution in [0.2, 0.25) is 0 Å². The summed E-state index contributed by atoms with van der Waals surface area (Å²) in [4.78, 5) is 0. The van der Waals surface area contributed by atoms with Gasteiger partial charge in [0.2, 0.25) is 0 Å². The number of benzene rings is 3. The molecule has 3 aromatic carbocycles. The predicted octanol–water partition coefficient (Wildman–Crippen LogP) is 10.8. The van der Waals surface area contributed by atoms with E-state index in [9.17, 15) is 8.78 Å². The largest absolute Gasteiger partial charge is 0.378 e. The lowest BCUT2D eigenvalue weighted by Crippen LogP contribution is -2.25. The fourth-order valence-electron chi connectivity index (χ4n) is 5.71. The first-order valence-electron chi connectivity index (χ1n) is 15.0. The van der Waals surface area contributed by atoms with Crippen molar-refractivity contribution in [2.24, 2.45) is 0 Å². The minimum absolute atomic E-state index is 0.0843. The van der Waals surface area contributed by atoms with Crippen LogP contribution in [-0.2, 0) is 11.2 Å². The van der Waals surface area contributed by atoms with Crippen molar-refractivity contribution in [1.29, 1.82) is 0 Å². The third-order valence-corrected chi connectivity index (χ3v) is 8.18. The SMILES string of the molecule is CCCCCCCc1ccc(-c2ccc(-c3ccc(C4CCC(CCCCC)OC4)c(F)c3)cc2)c(F)c1F. The van der Waals surface area contributed by atoms with Gasteiger partial charge in [-0.05, 0) is 66.0 Å². The van der Waals surface area contributed by atoms with Crippen LogP contribution in [0.4, 0.5) is 13.2 Å². The van der Waals surface area contributed by atoms with Crippen molar-refractivity contribution >= 4 is 0 Å². The molecule has 3 aromatic rings. The summed E-state index contributed by atoms with van der Waals surface area (Å²) in [6.45, 7) is 4.93. The van der Waals surface area contributed by atoms with Crippen molar-refractivity contribution in [3.05, 3.63) is 83.2 Å². The van der Waals surface area contributed by atoms with Gasteiger partial charge in [-0.1, -0.05) is 107 Å². The van der Waals surface area contributed by atoms with E-state index < -0.39 is 11.6 Å². The van der Waals surface area contributed by atoms with E-state index in [1.807, 2.05) is 24.3 Å². The van der Waals surface area contributed by atoms with Crippen molar-refractivity contribution in [2.45, 2.75) is 103 Å². The molecule has 1 fully saturated rings. The lowest BCUT2D eigenvalue weighted by molar-refractivity contribution is -0.00267. The van der Waals surface area contributed by atoms with Crippen LogP contribution in [0.15, 0.2) is 54.6 Å². The molecule has 210 valence electrons. The highest BCUT2D eigenvalue weighted by molar-refractivity contribution is 5.71. The Morgan fingerprint density at radius 1 is 0.692 bits per heavy atom. The summed E-state index contributed by atoms with van der Waals surface area (Å²) in [5.41, 5.74) is 3.61. The molecule has 0 saturated carbocycles. The van der Waals surface area contributed by atoms with Gasteiger partial charge in [0.05, 0.1) is 12.7 Å². The molecule has 1 heterocycles. The Morgan fingerprint density at radius 3 is 2.08 bits per heavy atom. The van der Waals surface area contributed by atoms with E-state index in [4.69, 9.17) is 4.74 Å². The average Bonchev–Trinajstić information content (AvgIpc) is 2.96. The topological polar surface area (TPSA) is 9.23 Å². The summed E-state index contributed by atoms with van der Waals surface area (Å²) in [6, 6.07) is 16.0. The quantitative estimate of drug-likeness (QED) is 0.197. The molecule has 0 bridgehead atoms. The summed E-state index contributed by atoms with van der Waals surface area (Å²) in [5, 5.41) is 0. The fourth-order valence-corrected chi connectivity index (χ4v) is 5.71. The summed E-state index contributed by atoms with van der Waals surface area (Å²) < 4.78 is 50.9. The second-order valence-electron chi connectivity index (χ2n) is 11.1. The molecule has 1 aliphatic rings. The van der Waals surface area contributed by atoms with E-state index in [2.05, 4.69) is 13.8 Å². The van der Waals surface area contributed by atoms with Crippen LogP contribution >= 0.6 is 0 Å². The van der Waals surface area contributed by atoms with Gasteiger partial charge in [-0.2, -0.15) is 0 Å². The molecule has 0 N–H and O–H groups in total. The number of ether oxygens (including phenoxy) is 1. The molecule has 1 saturated heterocycles. The maximum atomic E-state index is 15.1. The van der Waals surface area contributed by atoms with E-state index in [1.165, 1.54) is 25.7 Å². The minimum Gasteiger partial charge on any atom is -0.378 e. The molecule has 0 aromatic heterocycles. The van der Waals surface area contributed by atoms with Gasteiger partial charge in [-0.15, -0.1) is 0 Å². The highest BCUT2D eigenvalue weighted by atomic mass is 19.2. The molecule has 1 nitrogen and oxygen atoms in total. The Kier molecular flexibility index (Phi) is 11.1. The van der Waals surface area contributed by atoms with Crippen LogP contribution in [-0.4, -0.2) is 12.7 Å². The first kappa shape index (κ1) is 29.4. The van der Waals surface area contributed by atoms with Crippen molar-refractivity contribution in [2.75, 3.05) is 6.61 Å². The fraction of sp³-hybridized carbons (Fsp3) is 0.486. The Balaban J connectivity index is 1.39. The lowest BCUT2D eigenvalue weighted by atomic mass is 9.88. The molecule has 2 atom stereocenters. The van der Waals surface area contributed by atoms with Gasteiger partial charge < -0.3 is 4.74 Å². The van der Waals surface area contributed by atoms with Crippen LogP contribution in [0.25, 0.3) is 22.3 Å². The van der Waals surface area contributed by atoms with Crippen molar-refractivity contribution < 1.29 is 17.9 Å². The van der Waals surface area contributed by atoms with Crippen LogP contribution < -0.4 is 0 Å². The molecule has 4 heteroatoms. The third kappa shape index (κ3) is 7.75. The first-order valence-corrected chi connectivity index (χ1v) is 15.0. The van der Waals surface area contributed by atoms with E-state index in [1.54, 1.807) is 30.3 Å². The second kappa shape index (κ2) is 14.7. The summed E-state index contributed by atoms with van der Waals surface area (Å²) in [7, 11) is 0. The van der Waals surface area contributed by atoms with E-state index in [0.29, 0.717) is 35.8 Å². The van der Waals surface area contributed by atoms with Gasteiger partial charge in [0.25, 0.3) is 0 Å². The van der Waals surface area contributed by atoms with Gasteiger partial charge in [0, 0.05) is 11.5 Å². The van der Waals surface area contributed by atoms with Gasteiger partial charge in [-0.25, -0.2) is 13.2 Å². The Hall–Kier alpha value is -2.59. The zero-order chi connectivity index (χ0) is 27.6. The lowest BCUT2D eigenvalue weighted by Gasteiger charge is -2.29. The van der Waals surface area contributed by atoms with E-state index >= 15 is 4.39 Å². The maximum absolute atomic E-state index is 15.1. The molecular formula is C35H43F3O. The highest BCUT2D eigenvalue weighted by Gasteiger charge is 2.25. The zero-order valence-electron chi connectivity index (χ0n) is 23.6. The van der Waals surface area contributed by atoms with E-state index in [0.717, 1.165) is 56.1 Å². The Labute approximate surface area is 232 Å². The molecular weight excluding hydrogens is 493 g/mol. The minimum atomic E-state index is -0.800. The molecule has 2 unspecified atom stereocenters. The van der Waals surface area contributed by atoms with Gasteiger partial charge in [0.1, 0.15) is 5.82 Å². The van der Waals surface area contributed by atoms with Crippen molar-refractivity contribution in [3.63, 3.8) is 0 Å². The Morgan fingerprint density at radius 2 is 1.38 bits per heavy atom. The van der Waals surface area contributed by atoms with Gasteiger partial charge in [-0.3, -0.25) is 0 Å². The summed E-state index contributed by atoms with van der Waals surface area (Å²) >= 11 is 0. The normalized spacial score (nSPS) is 17.5. The van der Waals surface area contributed by atoms with Crippen molar-refractivity contribution in [1.82, 2.24) is 0 Å². The van der Waals surface area contributed by atoms with Crippen molar-refractivity contribution in [3.8, 4) is 22.3 Å². The Bertz CT molecular complexity index is 1180.